The Bertz CT molecular complexity index is 351. The van der Waals surface area contributed by atoms with Crippen molar-refractivity contribution >= 4 is 5.78 Å². The van der Waals surface area contributed by atoms with Crippen molar-refractivity contribution in [3.63, 3.8) is 0 Å². The van der Waals surface area contributed by atoms with E-state index in [0.29, 0.717) is 22.5 Å². The van der Waals surface area contributed by atoms with Crippen LogP contribution in [0.15, 0.2) is 11.6 Å². The third kappa shape index (κ3) is 2.09. The van der Waals surface area contributed by atoms with Crippen molar-refractivity contribution in [2.24, 2.45) is 16.7 Å². The molecule has 0 aromatic rings. The zero-order chi connectivity index (χ0) is 12.7. The van der Waals surface area contributed by atoms with Crippen LogP contribution in [0.1, 0.15) is 66.2 Å². The van der Waals surface area contributed by atoms with Gasteiger partial charge in [-0.2, -0.15) is 0 Å². The highest BCUT2D eigenvalue weighted by Crippen LogP contribution is 2.58. The first kappa shape index (κ1) is 12.9. The molecule has 96 valence electrons. The first-order valence-corrected chi connectivity index (χ1v) is 7.13. The van der Waals surface area contributed by atoms with Crippen LogP contribution in [0.2, 0.25) is 0 Å². The van der Waals surface area contributed by atoms with E-state index >= 15 is 0 Å². The van der Waals surface area contributed by atoms with E-state index in [1.807, 2.05) is 0 Å². The summed E-state index contributed by atoms with van der Waals surface area (Å²) in [6.45, 7) is 9.40. The maximum Gasteiger partial charge on any atom is 0.133 e. The lowest BCUT2D eigenvalue weighted by Gasteiger charge is -2.53. The number of fused-ring (bicyclic) bond motifs is 1. The summed E-state index contributed by atoms with van der Waals surface area (Å²) in [5.41, 5.74) is 2.27. The highest BCUT2D eigenvalue weighted by Gasteiger charge is 2.49. The van der Waals surface area contributed by atoms with E-state index in [1.165, 1.54) is 12.8 Å². The quantitative estimate of drug-likeness (QED) is 0.610. The van der Waals surface area contributed by atoms with Gasteiger partial charge in [0.25, 0.3) is 0 Å². The lowest BCUT2D eigenvalue weighted by molar-refractivity contribution is -0.125. The van der Waals surface area contributed by atoms with Crippen LogP contribution in [-0.2, 0) is 4.79 Å². The number of hydrogen-bond acceptors (Lipinski definition) is 1. The number of Topliss-reactive ketones (excluding diaryl/α,β-unsaturated/α-hetero) is 1. The molecule has 0 N–H and O–H groups in total. The van der Waals surface area contributed by atoms with Crippen LogP contribution < -0.4 is 0 Å². The number of hydrogen-bond donors (Lipinski definition) is 0. The highest BCUT2D eigenvalue weighted by molar-refractivity contribution is 5.80. The number of rotatable bonds is 1. The van der Waals surface area contributed by atoms with Gasteiger partial charge in [-0.05, 0) is 42.4 Å². The van der Waals surface area contributed by atoms with Gasteiger partial charge in [-0.15, -0.1) is 0 Å². The maximum atomic E-state index is 11.7. The molecule has 2 saturated carbocycles. The maximum absolute atomic E-state index is 11.7. The zero-order valence-corrected chi connectivity index (χ0v) is 11.8. The zero-order valence-electron chi connectivity index (χ0n) is 11.8. The molecule has 2 atom stereocenters. The number of carbonyl (C=O) groups is 1. The summed E-state index contributed by atoms with van der Waals surface area (Å²) >= 11 is 0. The van der Waals surface area contributed by atoms with Gasteiger partial charge in [-0.1, -0.05) is 39.3 Å². The summed E-state index contributed by atoms with van der Waals surface area (Å²) in [5, 5.41) is 0. The number of allylic oxidation sites excluding steroid dienone is 2. The van der Waals surface area contributed by atoms with Crippen molar-refractivity contribution in [2.75, 3.05) is 0 Å². The van der Waals surface area contributed by atoms with Crippen LogP contribution in [-0.4, -0.2) is 5.78 Å². The Morgan fingerprint density at radius 2 is 2.00 bits per heavy atom. The van der Waals surface area contributed by atoms with Gasteiger partial charge in [0, 0.05) is 12.8 Å². The van der Waals surface area contributed by atoms with Crippen LogP contribution in [0.3, 0.4) is 0 Å². The predicted molar refractivity (Wildman–Crippen MR) is 71.8 cm³/mol. The molecule has 2 unspecified atom stereocenters. The molecule has 2 fully saturated rings. The molecule has 0 aromatic carbocycles. The summed E-state index contributed by atoms with van der Waals surface area (Å²) in [4.78, 5) is 11.7. The normalized spacial score (nSPS) is 39.2. The standard InChI is InChI=1S/C16H26O/c1-5-6-14-15(2,3)9-7-12-11-13(17)8-10-16(12,14)4/h6,12H,5,7-11H2,1-4H3/b14-6+. The summed E-state index contributed by atoms with van der Waals surface area (Å²) < 4.78 is 0. The summed E-state index contributed by atoms with van der Waals surface area (Å²) in [6, 6.07) is 0. The molecule has 0 aliphatic heterocycles. The van der Waals surface area contributed by atoms with Gasteiger partial charge in [0.05, 0.1) is 0 Å². The fourth-order valence-electron chi connectivity index (χ4n) is 4.14. The van der Waals surface area contributed by atoms with Gasteiger partial charge < -0.3 is 0 Å². The molecular weight excluding hydrogens is 208 g/mol. The van der Waals surface area contributed by atoms with Gasteiger partial charge in [-0.25, -0.2) is 0 Å². The fourth-order valence-corrected chi connectivity index (χ4v) is 4.14. The molecule has 0 aromatic heterocycles. The van der Waals surface area contributed by atoms with Crippen LogP contribution >= 0.6 is 0 Å². The first-order chi connectivity index (χ1) is 7.90. The SMILES string of the molecule is CC/C=C1\C(C)(C)CCC2CC(=O)CCC12C. The molecule has 0 saturated heterocycles. The Balaban J connectivity index is 2.37. The Morgan fingerprint density at radius 1 is 1.29 bits per heavy atom. The Labute approximate surface area is 106 Å². The molecular formula is C16H26O. The van der Waals surface area contributed by atoms with Crippen molar-refractivity contribution < 1.29 is 4.79 Å². The van der Waals surface area contributed by atoms with Crippen molar-refractivity contribution in [3.05, 3.63) is 11.6 Å². The molecule has 2 aliphatic carbocycles. The minimum Gasteiger partial charge on any atom is -0.300 e. The number of ketones is 1. The van der Waals surface area contributed by atoms with E-state index < -0.39 is 0 Å². The summed E-state index contributed by atoms with van der Waals surface area (Å²) in [6.07, 6.45) is 8.74. The van der Waals surface area contributed by atoms with Gasteiger partial charge in [0.1, 0.15) is 5.78 Å². The molecule has 1 nitrogen and oxygen atoms in total. The molecule has 0 radical (unpaired) electrons. The third-order valence-electron chi connectivity index (χ3n) is 5.17. The van der Waals surface area contributed by atoms with Gasteiger partial charge in [-0.3, -0.25) is 4.79 Å². The van der Waals surface area contributed by atoms with Crippen LogP contribution in [0, 0.1) is 16.7 Å². The monoisotopic (exact) mass is 234 g/mol. The minimum absolute atomic E-state index is 0.297. The molecule has 0 spiro atoms. The fraction of sp³-hybridized carbons (Fsp3) is 0.812. The van der Waals surface area contributed by atoms with Gasteiger partial charge >= 0.3 is 0 Å². The minimum atomic E-state index is 0.297. The molecule has 1 heteroatoms. The summed E-state index contributed by atoms with van der Waals surface area (Å²) in [7, 11) is 0. The van der Waals surface area contributed by atoms with Crippen molar-refractivity contribution in [3.8, 4) is 0 Å². The second-order valence-electron chi connectivity index (χ2n) is 6.81. The van der Waals surface area contributed by atoms with Crippen LogP contribution in [0.4, 0.5) is 0 Å². The van der Waals surface area contributed by atoms with Gasteiger partial charge in [0.15, 0.2) is 0 Å². The largest absolute Gasteiger partial charge is 0.300 e. The second-order valence-corrected chi connectivity index (χ2v) is 6.81. The average molecular weight is 234 g/mol. The lowest BCUT2D eigenvalue weighted by atomic mass is 9.51. The average Bonchev–Trinajstić information content (AvgIpc) is 2.26. The van der Waals surface area contributed by atoms with E-state index in [9.17, 15) is 4.79 Å². The number of carbonyl (C=O) groups excluding carboxylic acids is 1. The van der Waals surface area contributed by atoms with E-state index in [2.05, 4.69) is 33.8 Å². The molecule has 0 amide bonds. The second kappa shape index (κ2) is 4.26. The summed E-state index contributed by atoms with van der Waals surface area (Å²) in [5.74, 6) is 1.10. The molecule has 2 aliphatic rings. The first-order valence-electron chi connectivity index (χ1n) is 7.13. The molecule has 17 heavy (non-hydrogen) atoms. The Morgan fingerprint density at radius 3 is 2.65 bits per heavy atom. The van der Waals surface area contributed by atoms with E-state index in [4.69, 9.17) is 0 Å². The van der Waals surface area contributed by atoms with E-state index in [-0.39, 0.29) is 0 Å². The van der Waals surface area contributed by atoms with Crippen molar-refractivity contribution in [1.82, 2.24) is 0 Å². The van der Waals surface area contributed by atoms with Crippen LogP contribution in [0.5, 0.6) is 0 Å². The molecule has 2 rings (SSSR count). The topological polar surface area (TPSA) is 17.1 Å². The van der Waals surface area contributed by atoms with Crippen molar-refractivity contribution in [1.29, 1.82) is 0 Å². The van der Waals surface area contributed by atoms with Crippen molar-refractivity contribution in [2.45, 2.75) is 66.2 Å². The van der Waals surface area contributed by atoms with E-state index in [1.54, 1.807) is 5.57 Å². The smallest absolute Gasteiger partial charge is 0.133 e. The predicted octanol–water partition coefficient (Wildman–Crippen LogP) is 4.52. The Kier molecular flexibility index (Phi) is 3.22. The lowest BCUT2D eigenvalue weighted by Crippen LogP contribution is -2.44. The van der Waals surface area contributed by atoms with Crippen LogP contribution in [0.25, 0.3) is 0 Å². The Hall–Kier alpha value is -0.590. The molecule has 0 heterocycles. The highest BCUT2D eigenvalue weighted by atomic mass is 16.1. The van der Waals surface area contributed by atoms with E-state index in [0.717, 1.165) is 25.7 Å². The molecule has 0 bridgehead atoms. The third-order valence-corrected chi connectivity index (χ3v) is 5.17. The van der Waals surface area contributed by atoms with Gasteiger partial charge in [0.2, 0.25) is 0 Å².